The normalized spacial score (nSPS) is 15.8. The Morgan fingerprint density at radius 2 is 2.15 bits per heavy atom. The lowest BCUT2D eigenvalue weighted by molar-refractivity contribution is 0.0133. The summed E-state index contributed by atoms with van der Waals surface area (Å²) < 4.78 is 19.2. The molecule has 0 fully saturated rings. The standard InChI is InChI=1S/C16H17FN6O4/c1-27-12-7-11(13(18)20-26)14-19-23(17)9-22(14)15(12)21(16(24)25)8-10-5-3-2-4-6-10/h2-7,26H,8-9H2,1H3,(H2,18,20)(H,24,25). The summed E-state index contributed by atoms with van der Waals surface area (Å²) in [6.07, 6.45) is 0.0447. The highest BCUT2D eigenvalue weighted by Crippen LogP contribution is 2.31. The number of nitrogens with one attached hydrogen (secondary N) is 2. The molecule has 11 heteroatoms. The van der Waals surface area contributed by atoms with Gasteiger partial charge in [0.15, 0.2) is 23.3 Å². The lowest BCUT2D eigenvalue weighted by atomic mass is 10.1. The van der Waals surface area contributed by atoms with Crippen LogP contribution in [-0.4, -0.2) is 56.9 Å². The summed E-state index contributed by atoms with van der Waals surface area (Å²) in [6, 6.07) is 8.89. The van der Waals surface area contributed by atoms with Crippen molar-refractivity contribution in [1.82, 2.24) is 20.5 Å². The van der Waals surface area contributed by atoms with E-state index in [9.17, 15) is 14.4 Å². The molecule has 3 rings (SSSR count). The average molecular weight is 376 g/mol. The topological polar surface area (TPSA) is 125 Å². The number of rotatable bonds is 5. The summed E-state index contributed by atoms with van der Waals surface area (Å²) in [5.41, 5.74) is 2.44. The maximum absolute atomic E-state index is 13.9. The van der Waals surface area contributed by atoms with Gasteiger partial charge in [-0.3, -0.25) is 25.9 Å². The van der Waals surface area contributed by atoms with Gasteiger partial charge < -0.3 is 9.84 Å². The minimum atomic E-state index is -1.27. The van der Waals surface area contributed by atoms with Gasteiger partial charge in [-0.25, -0.2) is 4.79 Å². The highest BCUT2D eigenvalue weighted by molar-refractivity contribution is 6.23. The van der Waals surface area contributed by atoms with Gasteiger partial charge in [-0.05, 0) is 11.6 Å². The predicted molar refractivity (Wildman–Crippen MR) is 91.9 cm³/mol. The molecule has 0 aromatic heterocycles. The molecule has 0 spiro atoms. The monoisotopic (exact) mass is 376 g/mol. The molecule has 4 N–H and O–H groups in total. The lowest BCUT2D eigenvalue weighted by Gasteiger charge is -2.34. The van der Waals surface area contributed by atoms with Crippen molar-refractivity contribution in [1.29, 1.82) is 5.41 Å². The number of methoxy groups -OCH3 is 1. The molecular formula is C16H17FN6O4. The van der Waals surface area contributed by atoms with E-state index in [1.165, 1.54) is 18.1 Å². The Hall–Kier alpha value is -3.60. The zero-order valence-corrected chi connectivity index (χ0v) is 14.3. The zero-order valence-electron chi connectivity index (χ0n) is 14.3. The van der Waals surface area contributed by atoms with E-state index in [2.05, 4.69) is 5.10 Å². The van der Waals surface area contributed by atoms with Crippen LogP contribution in [0, 0.1) is 5.41 Å². The van der Waals surface area contributed by atoms with E-state index in [1.54, 1.807) is 29.7 Å². The number of benzene rings is 1. The van der Waals surface area contributed by atoms with Crippen molar-refractivity contribution in [3.05, 3.63) is 59.1 Å². The third kappa shape index (κ3) is 3.40. The minimum Gasteiger partial charge on any atom is -0.493 e. The Kier molecular flexibility index (Phi) is 4.94. The maximum Gasteiger partial charge on any atom is 0.413 e. The number of amides is 1. The molecule has 0 aliphatic carbocycles. The van der Waals surface area contributed by atoms with Crippen LogP contribution in [-0.2, 0) is 11.3 Å². The zero-order chi connectivity index (χ0) is 19.6. The van der Waals surface area contributed by atoms with Crippen LogP contribution in [0.1, 0.15) is 5.56 Å². The number of fused-ring (bicyclic) bond motifs is 1. The molecule has 142 valence electrons. The van der Waals surface area contributed by atoms with Crippen molar-refractivity contribution >= 4 is 17.8 Å². The summed E-state index contributed by atoms with van der Waals surface area (Å²) in [7, 11) is 1.33. The third-order valence-electron chi connectivity index (χ3n) is 3.98. The number of amidine groups is 2. The first-order valence-electron chi connectivity index (χ1n) is 7.79. The van der Waals surface area contributed by atoms with Crippen LogP contribution in [0.2, 0.25) is 0 Å². The van der Waals surface area contributed by atoms with E-state index >= 15 is 0 Å². The molecule has 0 unspecified atom stereocenters. The first-order chi connectivity index (χ1) is 13.0. The van der Waals surface area contributed by atoms with Gasteiger partial charge in [0.2, 0.25) is 0 Å². The predicted octanol–water partition coefficient (Wildman–Crippen LogP) is 1.65. The number of hydrogen-bond acceptors (Lipinski definition) is 7. The molecule has 10 nitrogen and oxygen atoms in total. The molecule has 0 atom stereocenters. The van der Waals surface area contributed by atoms with Gasteiger partial charge in [-0.1, -0.05) is 34.8 Å². The van der Waals surface area contributed by atoms with Gasteiger partial charge in [0.25, 0.3) is 0 Å². The minimum absolute atomic E-state index is 0.00664. The number of hydrazone groups is 1. The van der Waals surface area contributed by atoms with Crippen molar-refractivity contribution in [3.63, 3.8) is 0 Å². The van der Waals surface area contributed by atoms with Crippen molar-refractivity contribution in [3.8, 4) is 0 Å². The van der Waals surface area contributed by atoms with E-state index in [0.29, 0.717) is 0 Å². The van der Waals surface area contributed by atoms with E-state index in [1.807, 2.05) is 6.07 Å². The molecule has 2 aliphatic heterocycles. The largest absolute Gasteiger partial charge is 0.493 e. The van der Waals surface area contributed by atoms with Crippen LogP contribution < -0.4 is 5.48 Å². The Bertz CT molecular complexity index is 854. The van der Waals surface area contributed by atoms with Crippen molar-refractivity contribution < 1.29 is 24.3 Å². The molecular weight excluding hydrogens is 359 g/mol. The lowest BCUT2D eigenvalue weighted by Crippen LogP contribution is -2.45. The van der Waals surface area contributed by atoms with E-state index in [4.69, 9.17) is 15.4 Å². The van der Waals surface area contributed by atoms with Gasteiger partial charge in [0.05, 0.1) is 19.2 Å². The molecule has 0 saturated heterocycles. The van der Waals surface area contributed by atoms with E-state index < -0.39 is 18.6 Å². The Balaban J connectivity index is 2.10. The van der Waals surface area contributed by atoms with Gasteiger partial charge in [-0.2, -0.15) is 0 Å². The van der Waals surface area contributed by atoms with Gasteiger partial charge in [-0.15, -0.1) is 10.3 Å². The number of ether oxygens (including phenoxy) is 1. The van der Waals surface area contributed by atoms with Crippen molar-refractivity contribution in [2.45, 2.75) is 6.54 Å². The fourth-order valence-electron chi connectivity index (χ4n) is 2.80. The average Bonchev–Trinajstić information content (AvgIpc) is 3.06. The first-order valence-corrected chi connectivity index (χ1v) is 7.79. The maximum atomic E-state index is 13.9. The molecule has 0 saturated carbocycles. The second-order valence-corrected chi connectivity index (χ2v) is 5.62. The number of halogens is 1. The Labute approximate surface area is 153 Å². The van der Waals surface area contributed by atoms with Gasteiger partial charge >= 0.3 is 6.09 Å². The molecule has 1 aromatic carbocycles. The first kappa shape index (κ1) is 18.2. The number of hydrogen-bond donors (Lipinski definition) is 4. The number of carbonyl (C=O) groups is 1. The Morgan fingerprint density at radius 3 is 2.74 bits per heavy atom. The van der Waals surface area contributed by atoms with Crippen LogP contribution in [0.5, 0.6) is 0 Å². The fourth-order valence-corrected chi connectivity index (χ4v) is 2.80. The summed E-state index contributed by atoms with van der Waals surface area (Å²) in [4.78, 5) is 14.2. The highest BCUT2D eigenvalue weighted by atomic mass is 19.2. The molecule has 2 aliphatic rings. The van der Waals surface area contributed by atoms with Crippen LogP contribution in [0.4, 0.5) is 9.28 Å². The molecule has 2 heterocycles. The van der Waals surface area contributed by atoms with Crippen LogP contribution in [0.25, 0.3) is 0 Å². The Morgan fingerprint density at radius 1 is 1.44 bits per heavy atom. The van der Waals surface area contributed by atoms with Gasteiger partial charge in [0.1, 0.15) is 6.67 Å². The summed E-state index contributed by atoms with van der Waals surface area (Å²) in [6.45, 7) is -0.403. The second kappa shape index (κ2) is 7.33. The van der Waals surface area contributed by atoms with Crippen LogP contribution in [0.15, 0.2) is 58.7 Å². The molecule has 1 aromatic rings. The van der Waals surface area contributed by atoms with E-state index in [-0.39, 0.29) is 34.8 Å². The number of allylic oxidation sites excluding steroid dienone is 1. The summed E-state index contributed by atoms with van der Waals surface area (Å²) >= 11 is 0. The molecule has 1 amide bonds. The molecule has 0 bridgehead atoms. The summed E-state index contributed by atoms with van der Waals surface area (Å²) in [5, 5.41) is 30.3. The highest BCUT2D eigenvalue weighted by Gasteiger charge is 2.40. The van der Waals surface area contributed by atoms with Crippen LogP contribution >= 0.6 is 0 Å². The van der Waals surface area contributed by atoms with Crippen molar-refractivity contribution in [2.24, 2.45) is 5.10 Å². The van der Waals surface area contributed by atoms with Crippen LogP contribution in [0.3, 0.4) is 0 Å². The molecule has 27 heavy (non-hydrogen) atoms. The smallest absolute Gasteiger partial charge is 0.413 e. The number of carboxylic acid groups (broad SMARTS) is 1. The number of hydroxylamine groups is 1. The SMILES string of the molecule is COC1=C(N(Cc2ccccc2)C(=O)O)N2CN(F)N=C2C(C(=N)NO)=C1. The van der Waals surface area contributed by atoms with Crippen molar-refractivity contribution in [2.75, 3.05) is 13.8 Å². The quantitative estimate of drug-likeness (QED) is 0.266. The van der Waals surface area contributed by atoms with E-state index in [0.717, 1.165) is 10.5 Å². The molecule has 0 radical (unpaired) electrons. The van der Waals surface area contributed by atoms with Gasteiger partial charge in [0, 0.05) is 0 Å². The fraction of sp³-hybridized carbons (Fsp3) is 0.188. The third-order valence-corrected chi connectivity index (χ3v) is 3.98. The number of nitrogens with zero attached hydrogens (tertiary/aromatic N) is 4. The second-order valence-electron chi connectivity index (χ2n) is 5.62. The summed E-state index contributed by atoms with van der Waals surface area (Å²) in [5.74, 6) is -0.327.